The Morgan fingerprint density at radius 2 is 1.71 bits per heavy atom. The van der Waals surface area contributed by atoms with Crippen molar-refractivity contribution in [2.45, 2.75) is 44.3 Å². The van der Waals surface area contributed by atoms with Gasteiger partial charge in [-0.25, -0.2) is 14.0 Å². The van der Waals surface area contributed by atoms with Gasteiger partial charge < -0.3 is 25.6 Å². The number of benzene rings is 1. The largest absolute Gasteiger partial charge is 0.416 e. The Bertz CT molecular complexity index is 884. The van der Waals surface area contributed by atoms with Crippen LogP contribution >= 0.6 is 0 Å². The average molecular weight is 488 g/mol. The fraction of sp³-hybridized carbons (Fsp3) is 0.591. The van der Waals surface area contributed by atoms with E-state index in [-0.39, 0.29) is 24.1 Å². The average Bonchev–Trinajstić information content (AvgIpc) is 2.74. The maximum absolute atomic E-state index is 13.5. The van der Waals surface area contributed by atoms with Gasteiger partial charge in [-0.2, -0.15) is 13.2 Å². The van der Waals surface area contributed by atoms with Gasteiger partial charge in [-0.05, 0) is 69.3 Å². The number of nitrogens with zero attached hydrogens (tertiary/aromatic N) is 1. The Morgan fingerprint density at radius 3 is 2.32 bits per heavy atom. The van der Waals surface area contributed by atoms with E-state index in [1.165, 1.54) is 0 Å². The molecule has 188 valence electrons. The molecule has 3 N–H and O–H groups in total. The van der Waals surface area contributed by atoms with Crippen molar-refractivity contribution in [2.24, 2.45) is 5.92 Å². The second kappa shape index (κ2) is 11.5. The smallest absolute Gasteiger partial charge is 0.359 e. The topological polar surface area (TPSA) is 99.8 Å². The molecule has 0 unspecified atom stereocenters. The van der Waals surface area contributed by atoms with Crippen LogP contribution in [0.3, 0.4) is 0 Å². The SMILES string of the molecule is O=C(NCCN1CCC(CNC(=O)c2cc(F)cc(C(F)(F)F)c2)CC1)OC(=O)NC1CCC1. The molecule has 3 rings (SSSR count). The van der Waals surface area contributed by atoms with Crippen LogP contribution in [0.4, 0.5) is 27.2 Å². The third-order valence-corrected chi connectivity index (χ3v) is 6.06. The predicted molar refractivity (Wildman–Crippen MR) is 114 cm³/mol. The highest BCUT2D eigenvalue weighted by Gasteiger charge is 2.32. The second-order valence-electron chi connectivity index (χ2n) is 8.60. The van der Waals surface area contributed by atoms with E-state index in [2.05, 4.69) is 25.6 Å². The normalized spacial score (nSPS) is 17.5. The minimum absolute atomic E-state index is 0.0811. The van der Waals surface area contributed by atoms with Gasteiger partial charge in [0, 0.05) is 31.2 Å². The van der Waals surface area contributed by atoms with Crippen LogP contribution < -0.4 is 16.0 Å². The number of carbonyl (C=O) groups excluding carboxylic acids is 3. The zero-order valence-electron chi connectivity index (χ0n) is 18.5. The Kier molecular flexibility index (Phi) is 8.70. The standard InChI is InChI=1S/C22H28F4N4O4/c23-17-11-15(10-16(12-17)22(24,25)26)19(31)28-13-14-4-7-30(8-5-14)9-6-27-20(32)34-21(33)29-18-2-1-3-18/h10-12,14,18H,1-9,13H2,(H,27,32)(H,28,31)(H,29,33). The summed E-state index contributed by atoms with van der Waals surface area (Å²) in [5, 5.41) is 7.72. The van der Waals surface area contributed by atoms with Crippen molar-refractivity contribution < 1.29 is 36.7 Å². The lowest BCUT2D eigenvalue weighted by Gasteiger charge is -2.32. The van der Waals surface area contributed by atoms with Gasteiger partial charge in [0.05, 0.1) is 5.56 Å². The summed E-state index contributed by atoms with van der Waals surface area (Å²) in [6.07, 6.45) is -1.98. The number of halogens is 4. The van der Waals surface area contributed by atoms with E-state index >= 15 is 0 Å². The molecule has 0 radical (unpaired) electrons. The molecule has 1 saturated carbocycles. The first-order valence-electron chi connectivity index (χ1n) is 11.2. The van der Waals surface area contributed by atoms with Crippen molar-refractivity contribution >= 4 is 18.1 Å². The van der Waals surface area contributed by atoms with E-state index in [0.717, 1.165) is 38.2 Å². The zero-order valence-corrected chi connectivity index (χ0v) is 18.5. The number of alkyl carbamates (subject to hydrolysis) is 2. The summed E-state index contributed by atoms with van der Waals surface area (Å²) >= 11 is 0. The molecule has 3 amide bonds. The van der Waals surface area contributed by atoms with Crippen LogP contribution in [0.1, 0.15) is 48.0 Å². The Labute approximate surface area is 194 Å². The summed E-state index contributed by atoms with van der Waals surface area (Å²) in [5.74, 6) is -1.75. The Morgan fingerprint density at radius 1 is 1.00 bits per heavy atom. The van der Waals surface area contributed by atoms with Crippen molar-refractivity contribution in [3.63, 3.8) is 0 Å². The molecule has 0 spiro atoms. The lowest BCUT2D eigenvalue weighted by Crippen LogP contribution is -2.44. The van der Waals surface area contributed by atoms with Crippen LogP contribution in [0, 0.1) is 11.7 Å². The number of ether oxygens (including phenoxy) is 1. The number of amides is 3. The van der Waals surface area contributed by atoms with E-state index in [1.807, 2.05) is 0 Å². The van der Waals surface area contributed by atoms with E-state index < -0.39 is 35.7 Å². The molecule has 0 aromatic heterocycles. The monoisotopic (exact) mass is 488 g/mol. The quantitative estimate of drug-likeness (QED) is 0.404. The molecule has 1 saturated heterocycles. The van der Waals surface area contributed by atoms with Crippen LogP contribution in [0.5, 0.6) is 0 Å². The molecule has 1 aliphatic carbocycles. The maximum atomic E-state index is 13.5. The molecule has 8 nitrogen and oxygen atoms in total. The minimum Gasteiger partial charge on any atom is -0.359 e. The molecule has 34 heavy (non-hydrogen) atoms. The number of carbonyl (C=O) groups is 3. The van der Waals surface area contributed by atoms with Gasteiger partial charge in [0.15, 0.2) is 0 Å². The van der Waals surface area contributed by atoms with Gasteiger partial charge in [-0.15, -0.1) is 0 Å². The summed E-state index contributed by atoms with van der Waals surface area (Å²) in [6.45, 7) is 2.54. The highest BCUT2D eigenvalue weighted by Crippen LogP contribution is 2.30. The lowest BCUT2D eigenvalue weighted by molar-refractivity contribution is -0.137. The molecule has 1 heterocycles. The predicted octanol–water partition coefficient (Wildman–Crippen LogP) is 3.27. The first-order valence-corrected chi connectivity index (χ1v) is 11.2. The fourth-order valence-electron chi connectivity index (χ4n) is 3.82. The number of rotatable bonds is 7. The third-order valence-electron chi connectivity index (χ3n) is 6.06. The first kappa shape index (κ1) is 25.7. The number of nitrogens with one attached hydrogen (secondary N) is 3. The van der Waals surface area contributed by atoms with E-state index in [0.29, 0.717) is 38.3 Å². The number of alkyl halides is 3. The number of hydrogen-bond donors (Lipinski definition) is 3. The number of likely N-dealkylation sites (tertiary alicyclic amines) is 1. The number of hydrogen-bond acceptors (Lipinski definition) is 5. The Balaban J connectivity index is 1.31. The van der Waals surface area contributed by atoms with Crippen LogP contribution in [-0.4, -0.2) is 61.8 Å². The van der Waals surface area contributed by atoms with E-state index in [4.69, 9.17) is 0 Å². The van der Waals surface area contributed by atoms with Gasteiger partial charge in [-0.3, -0.25) is 4.79 Å². The second-order valence-corrected chi connectivity index (χ2v) is 8.60. The molecule has 1 aliphatic heterocycles. The first-order chi connectivity index (χ1) is 16.1. The molecule has 2 fully saturated rings. The molecule has 12 heteroatoms. The van der Waals surface area contributed by atoms with E-state index in [1.54, 1.807) is 0 Å². The lowest BCUT2D eigenvalue weighted by atomic mass is 9.93. The van der Waals surface area contributed by atoms with Gasteiger partial charge >= 0.3 is 18.4 Å². The van der Waals surface area contributed by atoms with Crippen molar-refractivity contribution in [1.29, 1.82) is 0 Å². The minimum atomic E-state index is -4.74. The van der Waals surface area contributed by atoms with Crippen LogP contribution in [0.25, 0.3) is 0 Å². The summed E-state index contributed by atoms with van der Waals surface area (Å²) < 4.78 is 56.6. The van der Waals surface area contributed by atoms with Gasteiger partial charge in [-0.1, -0.05) is 0 Å². The van der Waals surface area contributed by atoms with Crippen LogP contribution in [0.15, 0.2) is 18.2 Å². The van der Waals surface area contributed by atoms with Gasteiger partial charge in [0.25, 0.3) is 5.91 Å². The fourth-order valence-corrected chi connectivity index (χ4v) is 3.82. The third kappa shape index (κ3) is 7.86. The highest BCUT2D eigenvalue weighted by atomic mass is 19.4. The van der Waals surface area contributed by atoms with Gasteiger partial charge in [0.1, 0.15) is 5.82 Å². The van der Waals surface area contributed by atoms with Crippen LogP contribution in [-0.2, 0) is 10.9 Å². The summed E-state index contributed by atoms with van der Waals surface area (Å²) in [5.41, 5.74) is -1.58. The van der Waals surface area contributed by atoms with Crippen molar-refractivity contribution in [2.75, 3.05) is 32.7 Å². The van der Waals surface area contributed by atoms with Crippen molar-refractivity contribution in [1.82, 2.24) is 20.9 Å². The molecule has 1 aromatic carbocycles. The van der Waals surface area contributed by atoms with E-state index in [9.17, 15) is 31.9 Å². The maximum Gasteiger partial charge on any atom is 0.416 e. The number of piperidine rings is 1. The zero-order chi connectivity index (χ0) is 24.7. The Hall–Kier alpha value is -2.89. The van der Waals surface area contributed by atoms with Gasteiger partial charge in [0.2, 0.25) is 0 Å². The molecular formula is C22H28F4N4O4. The van der Waals surface area contributed by atoms with Crippen molar-refractivity contribution in [3.05, 3.63) is 35.1 Å². The summed E-state index contributed by atoms with van der Waals surface area (Å²) in [4.78, 5) is 37.5. The molecule has 0 atom stereocenters. The van der Waals surface area contributed by atoms with Crippen LogP contribution in [0.2, 0.25) is 0 Å². The van der Waals surface area contributed by atoms with Crippen molar-refractivity contribution in [3.8, 4) is 0 Å². The molecule has 1 aromatic rings. The highest BCUT2D eigenvalue weighted by molar-refractivity contribution is 5.94. The molecular weight excluding hydrogens is 460 g/mol. The summed E-state index contributed by atoms with van der Waals surface area (Å²) in [6, 6.07) is 1.85. The summed E-state index contributed by atoms with van der Waals surface area (Å²) in [7, 11) is 0. The molecule has 0 bridgehead atoms. The molecule has 2 aliphatic rings.